The zero-order valence-electron chi connectivity index (χ0n) is 11.8. The molecule has 21 heavy (non-hydrogen) atoms. The Morgan fingerprint density at radius 1 is 1.29 bits per heavy atom. The van der Waals surface area contributed by atoms with Crippen LogP contribution in [0.25, 0.3) is 5.65 Å². The van der Waals surface area contributed by atoms with E-state index in [-0.39, 0.29) is 0 Å². The van der Waals surface area contributed by atoms with Crippen molar-refractivity contribution in [3.63, 3.8) is 0 Å². The topological polar surface area (TPSA) is 59.7 Å². The summed E-state index contributed by atoms with van der Waals surface area (Å²) in [5.74, 6) is 1.95. The first kappa shape index (κ1) is 12.5. The van der Waals surface area contributed by atoms with Crippen molar-refractivity contribution in [1.29, 1.82) is 0 Å². The van der Waals surface area contributed by atoms with Crippen molar-refractivity contribution >= 4 is 11.5 Å². The van der Waals surface area contributed by atoms with Gasteiger partial charge in [0.2, 0.25) is 0 Å². The number of imidazole rings is 1. The van der Waals surface area contributed by atoms with Crippen molar-refractivity contribution in [2.75, 3.05) is 4.90 Å². The average molecular weight is 282 g/mol. The fourth-order valence-corrected chi connectivity index (χ4v) is 2.79. The fraction of sp³-hybridized carbons (Fsp3) is 0.312. The second-order valence-corrected chi connectivity index (χ2v) is 5.45. The van der Waals surface area contributed by atoms with E-state index in [9.17, 15) is 0 Å². The molecule has 1 aliphatic carbocycles. The Labute approximate surface area is 123 Å². The summed E-state index contributed by atoms with van der Waals surface area (Å²) < 4.78 is 7.58. The molecule has 0 aromatic carbocycles. The number of furan rings is 1. The molecule has 1 fully saturated rings. The van der Waals surface area contributed by atoms with E-state index in [0.717, 1.165) is 29.5 Å². The highest BCUT2D eigenvalue weighted by Crippen LogP contribution is 2.34. The molecular weight excluding hydrogens is 264 g/mol. The molecule has 1 saturated carbocycles. The molecule has 1 aliphatic rings. The molecule has 3 heterocycles. The lowest BCUT2D eigenvalue weighted by Crippen LogP contribution is -2.26. The minimum atomic E-state index is 0.474. The second-order valence-electron chi connectivity index (χ2n) is 5.45. The Balaban J connectivity index is 1.78. The van der Waals surface area contributed by atoms with Crippen LogP contribution in [-0.4, -0.2) is 15.4 Å². The quantitative estimate of drug-likeness (QED) is 0.781. The van der Waals surface area contributed by atoms with Crippen LogP contribution in [0.5, 0.6) is 0 Å². The molecule has 0 radical (unpaired) electrons. The molecule has 2 N–H and O–H groups in total. The van der Waals surface area contributed by atoms with E-state index in [1.807, 2.05) is 36.5 Å². The maximum Gasteiger partial charge on any atom is 0.153 e. The van der Waals surface area contributed by atoms with Gasteiger partial charge in [0.1, 0.15) is 11.4 Å². The van der Waals surface area contributed by atoms with Crippen LogP contribution in [0.3, 0.4) is 0 Å². The zero-order chi connectivity index (χ0) is 14.2. The highest BCUT2D eigenvalue weighted by Gasteiger charge is 2.33. The smallest absolute Gasteiger partial charge is 0.153 e. The van der Waals surface area contributed by atoms with Gasteiger partial charge in [-0.05, 0) is 37.1 Å². The molecule has 0 saturated heterocycles. The molecule has 0 bridgehead atoms. The van der Waals surface area contributed by atoms with Gasteiger partial charge in [0, 0.05) is 18.8 Å². The average Bonchev–Trinajstić information content (AvgIpc) is 3.10. The van der Waals surface area contributed by atoms with Gasteiger partial charge in [-0.3, -0.25) is 0 Å². The van der Waals surface area contributed by atoms with Gasteiger partial charge in [0.25, 0.3) is 0 Å². The fourth-order valence-electron chi connectivity index (χ4n) is 2.79. The summed E-state index contributed by atoms with van der Waals surface area (Å²) in [6.45, 7) is 1.22. The van der Waals surface area contributed by atoms with Gasteiger partial charge >= 0.3 is 0 Å². The Hall–Kier alpha value is -2.27. The lowest BCUT2D eigenvalue weighted by molar-refractivity contribution is 0.500. The molecule has 108 valence electrons. The predicted octanol–water partition coefficient (Wildman–Crippen LogP) is 2.56. The van der Waals surface area contributed by atoms with Crippen LogP contribution in [0.1, 0.15) is 24.3 Å². The molecule has 3 aromatic rings. The van der Waals surface area contributed by atoms with Crippen molar-refractivity contribution in [2.24, 2.45) is 5.73 Å². The largest absolute Gasteiger partial charge is 0.467 e. The summed E-state index contributed by atoms with van der Waals surface area (Å²) in [5, 5.41) is 0. The van der Waals surface area contributed by atoms with Crippen molar-refractivity contribution in [1.82, 2.24) is 9.38 Å². The maximum atomic E-state index is 5.98. The van der Waals surface area contributed by atoms with Gasteiger partial charge in [-0.15, -0.1) is 0 Å². The molecule has 5 nitrogen and oxygen atoms in total. The highest BCUT2D eigenvalue weighted by molar-refractivity contribution is 5.57. The number of nitrogens with two attached hydrogens (primary N) is 1. The minimum absolute atomic E-state index is 0.474. The van der Waals surface area contributed by atoms with E-state index in [4.69, 9.17) is 15.1 Å². The van der Waals surface area contributed by atoms with Crippen LogP contribution in [0.2, 0.25) is 0 Å². The minimum Gasteiger partial charge on any atom is -0.467 e. The summed E-state index contributed by atoms with van der Waals surface area (Å²) in [6, 6.07) is 10.5. The van der Waals surface area contributed by atoms with Crippen molar-refractivity contribution in [2.45, 2.75) is 32.0 Å². The standard InChI is InChI=1S/C16H18N4O/c17-10-14-16(18-15-5-1-2-8-19(14)15)20(12-6-7-12)11-13-4-3-9-21-13/h1-5,8-9,12H,6-7,10-11,17H2. The van der Waals surface area contributed by atoms with Crippen LogP contribution in [0, 0.1) is 0 Å². The van der Waals surface area contributed by atoms with Crippen LogP contribution in [0.15, 0.2) is 47.2 Å². The van der Waals surface area contributed by atoms with Crippen LogP contribution >= 0.6 is 0 Å². The Bertz CT molecular complexity index is 743. The van der Waals surface area contributed by atoms with Crippen molar-refractivity contribution in [3.8, 4) is 0 Å². The summed E-state index contributed by atoms with van der Waals surface area (Å²) in [7, 11) is 0. The number of fused-ring (bicyclic) bond motifs is 1. The van der Waals surface area contributed by atoms with E-state index >= 15 is 0 Å². The Morgan fingerprint density at radius 3 is 2.90 bits per heavy atom. The third kappa shape index (κ3) is 2.19. The highest BCUT2D eigenvalue weighted by atomic mass is 16.3. The van der Waals surface area contributed by atoms with E-state index in [2.05, 4.69) is 9.30 Å². The Morgan fingerprint density at radius 2 is 2.19 bits per heavy atom. The normalized spacial score (nSPS) is 14.7. The molecule has 0 aliphatic heterocycles. The number of anilines is 1. The summed E-state index contributed by atoms with van der Waals surface area (Å²) in [6.07, 6.45) is 6.15. The first-order valence-corrected chi connectivity index (χ1v) is 7.32. The number of hydrogen-bond donors (Lipinski definition) is 1. The van der Waals surface area contributed by atoms with Gasteiger partial charge in [0.15, 0.2) is 5.82 Å². The maximum absolute atomic E-state index is 5.98. The second kappa shape index (κ2) is 4.93. The van der Waals surface area contributed by atoms with Crippen molar-refractivity contribution in [3.05, 3.63) is 54.2 Å². The summed E-state index contributed by atoms with van der Waals surface area (Å²) in [5.41, 5.74) is 7.98. The summed E-state index contributed by atoms with van der Waals surface area (Å²) in [4.78, 5) is 7.12. The van der Waals surface area contributed by atoms with Crippen LogP contribution in [-0.2, 0) is 13.1 Å². The van der Waals surface area contributed by atoms with Gasteiger partial charge in [-0.2, -0.15) is 0 Å². The van der Waals surface area contributed by atoms with E-state index in [0.29, 0.717) is 12.6 Å². The SMILES string of the molecule is NCc1c(N(Cc2ccco2)C2CC2)nc2ccccn12. The van der Waals surface area contributed by atoms with Crippen LogP contribution < -0.4 is 10.6 Å². The molecule has 4 rings (SSSR count). The predicted molar refractivity (Wildman–Crippen MR) is 81.0 cm³/mol. The van der Waals surface area contributed by atoms with E-state index < -0.39 is 0 Å². The molecule has 3 aromatic heterocycles. The third-order valence-corrected chi connectivity index (χ3v) is 3.97. The van der Waals surface area contributed by atoms with Crippen LogP contribution in [0.4, 0.5) is 5.82 Å². The number of hydrogen-bond acceptors (Lipinski definition) is 4. The number of aromatic nitrogens is 2. The summed E-state index contributed by atoms with van der Waals surface area (Å²) >= 11 is 0. The van der Waals surface area contributed by atoms with E-state index in [1.165, 1.54) is 12.8 Å². The number of rotatable bonds is 5. The van der Waals surface area contributed by atoms with Gasteiger partial charge < -0.3 is 19.5 Å². The monoisotopic (exact) mass is 282 g/mol. The van der Waals surface area contributed by atoms with Gasteiger partial charge in [-0.25, -0.2) is 4.98 Å². The van der Waals surface area contributed by atoms with Gasteiger partial charge in [0.05, 0.1) is 18.5 Å². The molecule has 0 unspecified atom stereocenters. The molecular formula is C16H18N4O. The van der Waals surface area contributed by atoms with Gasteiger partial charge in [-0.1, -0.05) is 6.07 Å². The number of nitrogens with zero attached hydrogens (tertiary/aromatic N) is 3. The molecule has 5 heteroatoms. The lowest BCUT2D eigenvalue weighted by atomic mass is 10.3. The molecule has 0 amide bonds. The molecule has 0 spiro atoms. The lowest BCUT2D eigenvalue weighted by Gasteiger charge is -2.22. The third-order valence-electron chi connectivity index (χ3n) is 3.97. The molecule has 0 atom stereocenters. The van der Waals surface area contributed by atoms with E-state index in [1.54, 1.807) is 6.26 Å². The first-order chi connectivity index (χ1) is 10.4. The zero-order valence-corrected chi connectivity index (χ0v) is 11.8. The number of pyridine rings is 1. The first-order valence-electron chi connectivity index (χ1n) is 7.32. The van der Waals surface area contributed by atoms with Crippen molar-refractivity contribution < 1.29 is 4.42 Å². The Kier molecular flexibility index (Phi) is 2.93.